The summed E-state index contributed by atoms with van der Waals surface area (Å²) in [5.74, 6) is 0.0637. The number of amides is 2. The van der Waals surface area contributed by atoms with Crippen LogP contribution in [0.5, 0.6) is 0 Å². The molecule has 6 nitrogen and oxygen atoms in total. The Hall–Kier alpha value is -1.30. The molecular weight excluding hydrogens is 296 g/mol. The number of hydrogen-bond donors (Lipinski definition) is 2. The summed E-state index contributed by atoms with van der Waals surface area (Å²) < 4.78 is 5.32. The summed E-state index contributed by atoms with van der Waals surface area (Å²) in [6, 6.07) is -0.546. The fraction of sp³-hybridized carbons (Fsp3) is 0.882. The van der Waals surface area contributed by atoms with Gasteiger partial charge in [-0.2, -0.15) is 0 Å². The summed E-state index contributed by atoms with van der Waals surface area (Å²) in [6.07, 6.45) is 4.09. The molecule has 6 heteroatoms. The first kappa shape index (κ1) is 18.0. The Labute approximate surface area is 138 Å². The van der Waals surface area contributed by atoms with E-state index in [-0.39, 0.29) is 17.9 Å². The molecule has 1 heterocycles. The van der Waals surface area contributed by atoms with Gasteiger partial charge in [0, 0.05) is 13.1 Å². The van der Waals surface area contributed by atoms with Gasteiger partial charge < -0.3 is 20.1 Å². The molecule has 132 valence electrons. The van der Waals surface area contributed by atoms with Gasteiger partial charge in [-0.1, -0.05) is 0 Å². The number of aliphatic hydroxyl groups excluding tert-OH is 1. The first-order valence-corrected chi connectivity index (χ1v) is 8.72. The quantitative estimate of drug-likeness (QED) is 0.832. The van der Waals surface area contributed by atoms with Crippen LogP contribution < -0.4 is 5.32 Å². The highest BCUT2D eigenvalue weighted by Crippen LogP contribution is 2.28. The molecule has 0 bridgehead atoms. The molecule has 2 fully saturated rings. The van der Waals surface area contributed by atoms with E-state index in [0.29, 0.717) is 12.8 Å². The molecule has 1 atom stereocenters. The molecule has 1 aliphatic carbocycles. The van der Waals surface area contributed by atoms with E-state index in [0.717, 1.165) is 38.8 Å². The molecule has 2 rings (SSSR count). The van der Waals surface area contributed by atoms with Crippen LogP contribution in [0.1, 0.15) is 59.3 Å². The van der Waals surface area contributed by atoms with Crippen LogP contribution in [0.15, 0.2) is 0 Å². The molecule has 0 spiro atoms. The zero-order valence-corrected chi connectivity index (χ0v) is 14.5. The standard InChI is InChI=1S/C17H30N2O4/c1-17(2,3)23-16(22)18-14(12-6-8-13(20)9-7-12)15(21)19-10-4-5-11-19/h12-14,20H,4-11H2,1-3H3,(H,18,22)/t12?,13?,14-/m0/s1. The van der Waals surface area contributed by atoms with Crippen molar-refractivity contribution in [1.29, 1.82) is 0 Å². The van der Waals surface area contributed by atoms with E-state index in [4.69, 9.17) is 4.74 Å². The van der Waals surface area contributed by atoms with Gasteiger partial charge in [0.05, 0.1) is 6.10 Å². The average Bonchev–Trinajstić information content (AvgIpc) is 2.97. The summed E-state index contributed by atoms with van der Waals surface area (Å²) in [4.78, 5) is 26.8. The maximum Gasteiger partial charge on any atom is 0.408 e. The largest absolute Gasteiger partial charge is 0.444 e. The van der Waals surface area contributed by atoms with Crippen molar-refractivity contribution in [2.24, 2.45) is 5.92 Å². The number of hydrogen-bond acceptors (Lipinski definition) is 4. The third kappa shape index (κ3) is 5.37. The van der Waals surface area contributed by atoms with Crippen LogP contribution in [0, 0.1) is 5.92 Å². The number of nitrogens with one attached hydrogen (secondary N) is 1. The van der Waals surface area contributed by atoms with Crippen LogP contribution >= 0.6 is 0 Å². The van der Waals surface area contributed by atoms with E-state index in [9.17, 15) is 14.7 Å². The molecule has 23 heavy (non-hydrogen) atoms. The molecule has 2 aliphatic rings. The zero-order chi connectivity index (χ0) is 17.0. The van der Waals surface area contributed by atoms with Crippen molar-refractivity contribution in [3.05, 3.63) is 0 Å². The van der Waals surface area contributed by atoms with Crippen molar-refractivity contribution >= 4 is 12.0 Å². The number of alkyl carbamates (subject to hydrolysis) is 1. The van der Waals surface area contributed by atoms with E-state index in [1.165, 1.54) is 0 Å². The number of aliphatic hydroxyl groups is 1. The number of rotatable bonds is 3. The lowest BCUT2D eigenvalue weighted by Gasteiger charge is -2.34. The fourth-order valence-corrected chi connectivity index (χ4v) is 3.38. The second kappa shape index (κ2) is 7.51. The van der Waals surface area contributed by atoms with Crippen LogP contribution in [0.4, 0.5) is 4.79 Å². The van der Waals surface area contributed by atoms with Crippen molar-refractivity contribution in [2.45, 2.75) is 77.0 Å². The van der Waals surface area contributed by atoms with Crippen molar-refractivity contribution in [3.63, 3.8) is 0 Å². The predicted molar refractivity (Wildman–Crippen MR) is 86.9 cm³/mol. The number of ether oxygens (including phenoxy) is 1. The Bertz CT molecular complexity index is 419. The monoisotopic (exact) mass is 326 g/mol. The fourth-order valence-electron chi connectivity index (χ4n) is 3.38. The molecule has 1 saturated carbocycles. The average molecular weight is 326 g/mol. The highest BCUT2D eigenvalue weighted by molar-refractivity contribution is 5.86. The molecule has 0 radical (unpaired) electrons. The van der Waals surface area contributed by atoms with Gasteiger partial charge in [-0.3, -0.25) is 4.79 Å². The van der Waals surface area contributed by atoms with Crippen molar-refractivity contribution < 1.29 is 19.4 Å². The Kier molecular flexibility index (Phi) is 5.89. The lowest BCUT2D eigenvalue weighted by molar-refractivity contribution is -0.134. The highest BCUT2D eigenvalue weighted by atomic mass is 16.6. The van der Waals surface area contributed by atoms with Gasteiger partial charge in [0.15, 0.2) is 0 Å². The van der Waals surface area contributed by atoms with Crippen LogP contribution in [-0.4, -0.2) is 52.8 Å². The maximum atomic E-state index is 12.8. The topological polar surface area (TPSA) is 78.9 Å². The SMILES string of the molecule is CC(C)(C)OC(=O)N[C@H](C(=O)N1CCCC1)C1CCC(O)CC1. The van der Waals surface area contributed by atoms with E-state index in [1.54, 1.807) is 20.8 Å². The lowest BCUT2D eigenvalue weighted by atomic mass is 9.82. The third-order valence-electron chi connectivity index (χ3n) is 4.57. The van der Waals surface area contributed by atoms with E-state index >= 15 is 0 Å². The summed E-state index contributed by atoms with van der Waals surface area (Å²) in [5.41, 5.74) is -0.589. The summed E-state index contributed by atoms with van der Waals surface area (Å²) >= 11 is 0. The van der Waals surface area contributed by atoms with E-state index < -0.39 is 17.7 Å². The first-order chi connectivity index (χ1) is 10.8. The number of carbonyl (C=O) groups is 2. The minimum Gasteiger partial charge on any atom is -0.444 e. The number of carbonyl (C=O) groups excluding carboxylic acids is 2. The minimum absolute atomic E-state index is 0.00486. The van der Waals surface area contributed by atoms with Gasteiger partial charge in [0.2, 0.25) is 5.91 Å². The van der Waals surface area contributed by atoms with Crippen molar-refractivity contribution in [1.82, 2.24) is 10.2 Å². The summed E-state index contributed by atoms with van der Waals surface area (Å²) in [7, 11) is 0. The van der Waals surface area contributed by atoms with Gasteiger partial charge in [0.1, 0.15) is 11.6 Å². The van der Waals surface area contributed by atoms with Crippen LogP contribution in [-0.2, 0) is 9.53 Å². The molecule has 1 saturated heterocycles. The molecule has 0 aromatic rings. The van der Waals surface area contributed by atoms with E-state index in [1.807, 2.05) is 4.90 Å². The molecule has 2 amide bonds. The Morgan fingerprint density at radius 1 is 1.13 bits per heavy atom. The molecule has 0 unspecified atom stereocenters. The molecule has 1 aliphatic heterocycles. The molecule has 0 aromatic heterocycles. The van der Waals surface area contributed by atoms with Gasteiger partial charge in [-0.15, -0.1) is 0 Å². The molecular formula is C17H30N2O4. The zero-order valence-electron chi connectivity index (χ0n) is 14.5. The summed E-state index contributed by atoms with van der Waals surface area (Å²) in [6.45, 7) is 6.95. The van der Waals surface area contributed by atoms with E-state index in [2.05, 4.69) is 5.32 Å². The van der Waals surface area contributed by atoms with Gasteiger partial charge in [-0.05, 0) is 65.2 Å². The van der Waals surface area contributed by atoms with Crippen LogP contribution in [0.2, 0.25) is 0 Å². The smallest absolute Gasteiger partial charge is 0.408 e. The summed E-state index contributed by atoms with van der Waals surface area (Å²) in [5, 5.41) is 12.5. The maximum absolute atomic E-state index is 12.8. The lowest BCUT2D eigenvalue weighted by Crippen LogP contribution is -2.53. The van der Waals surface area contributed by atoms with Gasteiger partial charge in [0.25, 0.3) is 0 Å². The second-order valence-electron chi connectivity index (χ2n) is 7.72. The Morgan fingerprint density at radius 3 is 2.22 bits per heavy atom. The van der Waals surface area contributed by atoms with Crippen LogP contribution in [0.3, 0.4) is 0 Å². The Balaban J connectivity index is 2.04. The predicted octanol–water partition coefficient (Wildman–Crippen LogP) is 2.05. The van der Waals surface area contributed by atoms with Crippen molar-refractivity contribution in [2.75, 3.05) is 13.1 Å². The molecule has 0 aromatic carbocycles. The normalized spacial score (nSPS) is 26.7. The first-order valence-electron chi connectivity index (χ1n) is 8.72. The highest BCUT2D eigenvalue weighted by Gasteiger charge is 2.36. The van der Waals surface area contributed by atoms with Crippen molar-refractivity contribution in [3.8, 4) is 0 Å². The minimum atomic E-state index is -0.589. The number of likely N-dealkylation sites (tertiary alicyclic amines) is 1. The third-order valence-corrected chi connectivity index (χ3v) is 4.57. The number of nitrogens with zero attached hydrogens (tertiary/aromatic N) is 1. The van der Waals surface area contributed by atoms with Gasteiger partial charge in [-0.25, -0.2) is 4.79 Å². The second-order valence-corrected chi connectivity index (χ2v) is 7.72. The molecule has 2 N–H and O–H groups in total. The van der Waals surface area contributed by atoms with Crippen LogP contribution in [0.25, 0.3) is 0 Å². The Morgan fingerprint density at radius 2 is 1.70 bits per heavy atom. The van der Waals surface area contributed by atoms with Gasteiger partial charge >= 0.3 is 6.09 Å².